The van der Waals surface area contributed by atoms with Crippen molar-refractivity contribution in [1.29, 1.82) is 0 Å². The van der Waals surface area contributed by atoms with Crippen LogP contribution in [0.2, 0.25) is 0 Å². The third kappa shape index (κ3) is 12.4. The molecule has 0 amide bonds. The van der Waals surface area contributed by atoms with E-state index < -0.39 is 0 Å². The van der Waals surface area contributed by atoms with Gasteiger partial charge in [0.2, 0.25) is 0 Å². The molecule has 0 aliphatic carbocycles. The molecule has 0 aromatic heterocycles. The fraction of sp³-hybridized carbons (Fsp3) is 0.867. The van der Waals surface area contributed by atoms with Crippen LogP contribution in [0.4, 0.5) is 0 Å². The Kier molecular flexibility index (Phi) is 19.8. The van der Waals surface area contributed by atoms with Crippen LogP contribution >= 0.6 is 11.8 Å². The minimum atomic E-state index is 0. The van der Waals surface area contributed by atoms with Crippen LogP contribution in [-0.2, 0) is 0 Å². The monoisotopic (exact) mass is 298 g/mol. The van der Waals surface area contributed by atoms with Gasteiger partial charge in [0.1, 0.15) is 0 Å². The van der Waals surface area contributed by atoms with E-state index in [0.29, 0.717) is 0 Å². The number of thioether (sulfide) groups is 1. The van der Waals surface area contributed by atoms with E-state index in [9.17, 15) is 0 Å². The number of hydrogen-bond acceptors (Lipinski definition) is 1. The van der Waals surface area contributed by atoms with Crippen molar-refractivity contribution in [3.63, 3.8) is 0 Å². The Morgan fingerprint density at radius 2 is 1.28 bits per heavy atom. The smallest absolute Gasteiger partial charge is 1.00 e. The number of rotatable bonds is 11. The zero-order valence-electron chi connectivity index (χ0n) is 12.3. The second-order valence-electron chi connectivity index (χ2n) is 4.97. The summed E-state index contributed by atoms with van der Waals surface area (Å²) >= 11 is 2.00. The van der Waals surface area contributed by atoms with Crippen LogP contribution in [0.3, 0.4) is 0 Å². The number of hydrogen-bond donors (Lipinski definition) is 0. The Morgan fingerprint density at radius 1 is 0.833 bits per heavy atom. The summed E-state index contributed by atoms with van der Waals surface area (Å²) in [4.78, 5) is 0. The van der Waals surface area contributed by atoms with Crippen LogP contribution < -0.4 is 42.0 Å². The molecule has 0 nitrogen and oxygen atoms in total. The second-order valence-corrected chi connectivity index (χ2v) is 6.12. The zero-order valence-corrected chi connectivity index (χ0v) is 15.9. The third-order valence-electron chi connectivity index (χ3n) is 3.39. The second kappa shape index (κ2) is 16.4. The SMILES string of the molecule is CCCCCCCCCCCCC1C=CS1.[Cl-].[Na+]. The molecule has 1 aliphatic heterocycles. The fourth-order valence-corrected chi connectivity index (χ4v) is 2.87. The first-order valence-electron chi connectivity index (χ1n) is 7.25. The summed E-state index contributed by atoms with van der Waals surface area (Å²) in [6.07, 6.45) is 18.3. The van der Waals surface area contributed by atoms with Gasteiger partial charge in [-0.15, -0.1) is 11.8 Å². The van der Waals surface area contributed by atoms with E-state index in [1.54, 1.807) is 0 Å². The molecule has 0 aromatic rings. The molecule has 0 radical (unpaired) electrons. The van der Waals surface area contributed by atoms with Gasteiger partial charge in [-0.1, -0.05) is 77.2 Å². The van der Waals surface area contributed by atoms with Gasteiger partial charge in [-0.25, -0.2) is 0 Å². The van der Waals surface area contributed by atoms with Gasteiger partial charge in [-0.3, -0.25) is 0 Å². The van der Waals surface area contributed by atoms with Crippen molar-refractivity contribution in [2.45, 2.75) is 82.8 Å². The molecule has 0 bridgehead atoms. The maximum absolute atomic E-state index is 2.35. The van der Waals surface area contributed by atoms with Crippen molar-refractivity contribution in [3.05, 3.63) is 11.5 Å². The van der Waals surface area contributed by atoms with Crippen molar-refractivity contribution in [1.82, 2.24) is 0 Å². The topological polar surface area (TPSA) is 0 Å². The molecule has 1 atom stereocenters. The first-order chi connectivity index (χ1) is 7.93. The standard InChI is InChI=1S/C15H28S.ClH.Na/c1-2-3-4-5-6-7-8-9-10-11-12-15-13-14-16-15;;/h13-15H,2-12H2,1H3;1H;/q;;+1/p-1. The van der Waals surface area contributed by atoms with Gasteiger partial charge in [0.05, 0.1) is 0 Å². The Hall–Kier alpha value is 1.38. The van der Waals surface area contributed by atoms with Crippen LogP contribution in [0.15, 0.2) is 11.5 Å². The molecule has 18 heavy (non-hydrogen) atoms. The van der Waals surface area contributed by atoms with Crippen LogP contribution in [0.5, 0.6) is 0 Å². The molecule has 0 saturated heterocycles. The molecular formula is C15H28ClNaS. The van der Waals surface area contributed by atoms with Crippen LogP contribution in [-0.4, -0.2) is 5.25 Å². The van der Waals surface area contributed by atoms with Gasteiger partial charge >= 0.3 is 29.6 Å². The largest absolute Gasteiger partial charge is 1.00 e. The van der Waals surface area contributed by atoms with E-state index in [-0.39, 0.29) is 42.0 Å². The molecular weight excluding hydrogens is 271 g/mol. The molecule has 1 heterocycles. The summed E-state index contributed by atoms with van der Waals surface area (Å²) in [6.45, 7) is 2.29. The van der Waals surface area contributed by atoms with Gasteiger partial charge in [0.15, 0.2) is 0 Å². The predicted molar refractivity (Wildman–Crippen MR) is 77.0 cm³/mol. The van der Waals surface area contributed by atoms with Gasteiger partial charge < -0.3 is 12.4 Å². The Labute approximate surface area is 147 Å². The van der Waals surface area contributed by atoms with Gasteiger partial charge in [-0.2, -0.15) is 0 Å². The van der Waals surface area contributed by atoms with Crippen LogP contribution in [0, 0.1) is 0 Å². The van der Waals surface area contributed by atoms with Crippen molar-refractivity contribution >= 4 is 11.8 Å². The summed E-state index contributed by atoms with van der Waals surface area (Å²) in [7, 11) is 0. The zero-order chi connectivity index (χ0) is 11.5. The number of unbranched alkanes of at least 4 members (excludes halogenated alkanes) is 9. The summed E-state index contributed by atoms with van der Waals surface area (Å²) < 4.78 is 0. The van der Waals surface area contributed by atoms with E-state index >= 15 is 0 Å². The van der Waals surface area contributed by atoms with E-state index in [0.717, 1.165) is 5.25 Å². The summed E-state index contributed by atoms with van der Waals surface area (Å²) in [5, 5.41) is 3.09. The minimum absolute atomic E-state index is 0. The minimum Gasteiger partial charge on any atom is -1.00 e. The Balaban J connectivity index is 0. The van der Waals surface area contributed by atoms with E-state index in [1.807, 2.05) is 11.8 Å². The van der Waals surface area contributed by atoms with Crippen LogP contribution in [0.25, 0.3) is 0 Å². The average molecular weight is 299 g/mol. The van der Waals surface area contributed by atoms with E-state index in [1.165, 1.54) is 70.6 Å². The molecule has 102 valence electrons. The molecule has 0 fully saturated rings. The molecule has 0 aromatic carbocycles. The normalized spacial score (nSPS) is 16.6. The first-order valence-corrected chi connectivity index (χ1v) is 8.20. The van der Waals surface area contributed by atoms with Crippen molar-refractivity contribution in [2.24, 2.45) is 0 Å². The third-order valence-corrected chi connectivity index (χ3v) is 4.45. The van der Waals surface area contributed by atoms with Gasteiger partial charge in [-0.05, 0) is 11.8 Å². The first kappa shape index (κ1) is 21.7. The molecule has 3 heteroatoms. The predicted octanol–water partition coefficient (Wildman–Crippen LogP) is -0.0655. The summed E-state index contributed by atoms with van der Waals surface area (Å²) in [6, 6.07) is 0. The quantitative estimate of drug-likeness (QED) is 0.380. The Bertz CT molecular complexity index is 185. The van der Waals surface area contributed by atoms with Gasteiger partial charge in [0.25, 0.3) is 0 Å². The molecule has 1 unspecified atom stereocenters. The summed E-state index contributed by atoms with van der Waals surface area (Å²) in [5.74, 6) is 0. The fourth-order valence-electron chi connectivity index (χ4n) is 2.19. The van der Waals surface area contributed by atoms with Crippen molar-refractivity contribution < 1.29 is 42.0 Å². The Morgan fingerprint density at radius 3 is 1.67 bits per heavy atom. The van der Waals surface area contributed by atoms with Gasteiger partial charge in [0, 0.05) is 5.25 Å². The molecule has 0 saturated carbocycles. The molecule has 1 aliphatic rings. The summed E-state index contributed by atoms with van der Waals surface area (Å²) in [5.41, 5.74) is 0. The maximum atomic E-state index is 2.35. The average Bonchev–Trinajstić information content (AvgIpc) is 2.23. The maximum Gasteiger partial charge on any atom is 1.00 e. The van der Waals surface area contributed by atoms with Crippen LogP contribution in [0.1, 0.15) is 77.6 Å². The van der Waals surface area contributed by atoms with E-state index in [4.69, 9.17) is 0 Å². The van der Waals surface area contributed by atoms with Crippen molar-refractivity contribution in [3.8, 4) is 0 Å². The molecule has 1 rings (SSSR count). The number of halogens is 1. The molecule has 0 N–H and O–H groups in total. The van der Waals surface area contributed by atoms with Crippen molar-refractivity contribution in [2.75, 3.05) is 0 Å². The van der Waals surface area contributed by atoms with E-state index in [2.05, 4.69) is 18.4 Å². The molecule has 0 spiro atoms.